The summed E-state index contributed by atoms with van der Waals surface area (Å²) in [7, 11) is 0. The fourth-order valence-corrected chi connectivity index (χ4v) is 8.37. The molecule has 0 nitrogen and oxygen atoms in total. The Bertz CT molecular complexity index is 631. The van der Waals surface area contributed by atoms with Crippen LogP contribution in [0.2, 0.25) is 0 Å². The van der Waals surface area contributed by atoms with Gasteiger partial charge < -0.3 is 0 Å². The first kappa shape index (κ1) is 20.7. The van der Waals surface area contributed by atoms with Gasteiger partial charge in [0.15, 0.2) is 0 Å². The van der Waals surface area contributed by atoms with Gasteiger partial charge >= 0.3 is 0 Å². The quantitative estimate of drug-likeness (QED) is 0.429. The van der Waals surface area contributed by atoms with Gasteiger partial charge in [0.25, 0.3) is 0 Å². The second-order valence-electron chi connectivity index (χ2n) is 12.7. The maximum Gasteiger partial charge on any atom is -0.00853 e. The Balaban J connectivity index is 1.51. The number of hydrogen-bond acceptors (Lipinski definition) is 0. The Morgan fingerprint density at radius 2 is 1.86 bits per heavy atom. The molecule has 0 heteroatoms. The van der Waals surface area contributed by atoms with Crippen molar-refractivity contribution in [2.24, 2.45) is 45.8 Å². The Kier molecular flexibility index (Phi) is 5.42. The first-order valence-electron chi connectivity index (χ1n) is 12.5. The summed E-state index contributed by atoms with van der Waals surface area (Å²) in [6, 6.07) is 0. The molecule has 0 aromatic carbocycles. The number of rotatable bonds is 3. The Hall–Kier alpha value is -0.520. The molecule has 4 aliphatic rings. The van der Waals surface area contributed by atoms with Crippen molar-refractivity contribution >= 4 is 0 Å². The van der Waals surface area contributed by atoms with Crippen molar-refractivity contribution in [3.05, 3.63) is 23.8 Å². The highest BCUT2D eigenvalue weighted by Gasteiger charge is 2.58. The molecular formula is C28H46. The van der Waals surface area contributed by atoms with Gasteiger partial charge in [0.1, 0.15) is 0 Å². The minimum atomic E-state index is 0.415. The van der Waals surface area contributed by atoms with Crippen LogP contribution in [0.5, 0.6) is 0 Å². The van der Waals surface area contributed by atoms with Crippen LogP contribution in [0.3, 0.4) is 0 Å². The van der Waals surface area contributed by atoms with E-state index < -0.39 is 0 Å². The molecule has 0 aliphatic heterocycles. The van der Waals surface area contributed by atoms with Crippen LogP contribution in [0.4, 0.5) is 0 Å². The Morgan fingerprint density at radius 1 is 1.07 bits per heavy atom. The average Bonchev–Trinajstić information content (AvgIpc) is 2.97. The Labute approximate surface area is 175 Å². The highest BCUT2D eigenvalue weighted by atomic mass is 14.6. The van der Waals surface area contributed by atoms with Crippen LogP contribution < -0.4 is 0 Å². The SMILES string of the molecule is CC(/C=C/CC(C)(C)C)C1CCC2C3CC=C4CCCCC4(C)C3CCC12C. The molecule has 0 N–H and O–H groups in total. The fourth-order valence-electron chi connectivity index (χ4n) is 8.37. The van der Waals surface area contributed by atoms with Crippen LogP contribution in [0.15, 0.2) is 23.8 Å². The van der Waals surface area contributed by atoms with Gasteiger partial charge in [0.2, 0.25) is 0 Å². The van der Waals surface area contributed by atoms with Gasteiger partial charge in [-0.25, -0.2) is 0 Å². The largest absolute Gasteiger partial charge is 0.0877 e. The van der Waals surface area contributed by atoms with Crippen molar-refractivity contribution in [2.45, 2.75) is 106 Å². The van der Waals surface area contributed by atoms with Crippen molar-refractivity contribution in [3.8, 4) is 0 Å². The summed E-state index contributed by atoms with van der Waals surface area (Å²) in [5, 5.41) is 0. The zero-order chi connectivity index (χ0) is 20.2. The molecule has 3 fully saturated rings. The molecule has 0 amide bonds. The van der Waals surface area contributed by atoms with Crippen LogP contribution in [0, 0.1) is 45.8 Å². The number of hydrogen-bond donors (Lipinski definition) is 0. The van der Waals surface area contributed by atoms with E-state index in [4.69, 9.17) is 0 Å². The van der Waals surface area contributed by atoms with Crippen LogP contribution in [-0.4, -0.2) is 0 Å². The summed E-state index contributed by atoms with van der Waals surface area (Å²) < 4.78 is 0. The van der Waals surface area contributed by atoms with Gasteiger partial charge in [-0.2, -0.15) is 0 Å². The summed E-state index contributed by atoms with van der Waals surface area (Å²) in [6.45, 7) is 14.9. The summed E-state index contributed by atoms with van der Waals surface area (Å²) in [6.07, 6.45) is 22.2. The standard InChI is InChI=1S/C28H46/c1-20(10-9-17-26(2,3)4)23-14-15-24-22-13-12-21-11-7-8-18-27(21,5)25(22)16-19-28(23,24)6/h9-10,12,20,22-25H,7-8,11,13-19H2,1-6H3/b10-9+. The summed E-state index contributed by atoms with van der Waals surface area (Å²) in [5.41, 5.74) is 3.41. The van der Waals surface area contributed by atoms with Crippen LogP contribution in [-0.2, 0) is 0 Å². The first-order valence-corrected chi connectivity index (χ1v) is 12.5. The van der Waals surface area contributed by atoms with Crippen molar-refractivity contribution in [1.29, 1.82) is 0 Å². The average molecular weight is 383 g/mol. The number of fused-ring (bicyclic) bond motifs is 5. The van der Waals surface area contributed by atoms with E-state index in [1.807, 2.05) is 5.57 Å². The second kappa shape index (κ2) is 7.31. The van der Waals surface area contributed by atoms with Crippen molar-refractivity contribution < 1.29 is 0 Å². The molecular weight excluding hydrogens is 336 g/mol. The second-order valence-corrected chi connectivity index (χ2v) is 12.7. The molecule has 3 saturated carbocycles. The molecule has 158 valence electrons. The smallest absolute Gasteiger partial charge is 0.00853 e. The third kappa shape index (κ3) is 3.45. The molecule has 0 aromatic heterocycles. The molecule has 7 atom stereocenters. The minimum absolute atomic E-state index is 0.415. The molecule has 0 bridgehead atoms. The molecule has 7 unspecified atom stereocenters. The van der Waals surface area contributed by atoms with E-state index in [-0.39, 0.29) is 0 Å². The van der Waals surface area contributed by atoms with Crippen LogP contribution >= 0.6 is 0 Å². The third-order valence-corrected chi connectivity index (χ3v) is 9.90. The molecule has 4 aliphatic carbocycles. The maximum absolute atomic E-state index is 2.73. The lowest BCUT2D eigenvalue weighted by molar-refractivity contribution is -0.0462. The van der Waals surface area contributed by atoms with E-state index in [0.29, 0.717) is 16.2 Å². The lowest BCUT2D eigenvalue weighted by Gasteiger charge is -2.58. The van der Waals surface area contributed by atoms with E-state index in [1.54, 1.807) is 0 Å². The van der Waals surface area contributed by atoms with Gasteiger partial charge in [-0.1, -0.05) is 71.8 Å². The van der Waals surface area contributed by atoms with E-state index in [1.165, 1.54) is 64.2 Å². The molecule has 0 aromatic rings. The predicted octanol–water partition coefficient (Wildman–Crippen LogP) is 8.58. The highest BCUT2D eigenvalue weighted by molar-refractivity contribution is 5.24. The molecule has 0 radical (unpaired) electrons. The molecule has 0 heterocycles. The first-order chi connectivity index (χ1) is 13.2. The van der Waals surface area contributed by atoms with E-state index in [0.717, 1.165) is 29.6 Å². The maximum atomic E-state index is 2.73. The normalized spacial score (nSPS) is 44.6. The molecule has 4 rings (SSSR count). The highest BCUT2D eigenvalue weighted by Crippen LogP contribution is 2.67. The Morgan fingerprint density at radius 3 is 2.61 bits per heavy atom. The van der Waals surface area contributed by atoms with E-state index in [9.17, 15) is 0 Å². The van der Waals surface area contributed by atoms with Crippen LogP contribution in [0.25, 0.3) is 0 Å². The third-order valence-electron chi connectivity index (χ3n) is 9.90. The van der Waals surface area contributed by atoms with E-state index in [2.05, 4.69) is 59.8 Å². The number of allylic oxidation sites excluding steroid dienone is 4. The topological polar surface area (TPSA) is 0 Å². The zero-order valence-electron chi connectivity index (χ0n) is 19.7. The lowest BCUT2D eigenvalue weighted by Crippen LogP contribution is -2.49. The van der Waals surface area contributed by atoms with E-state index >= 15 is 0 Å². The molecule has 28 heavy (non-hydrogen) atoms. The van der Waals surface area contributed by atoms with Gasteiger partial charge in [0, 0.05) is 0 Å². The van der Waals surface area contributed by atoms with Gasteiger partial charge in [-0.15, -0.1) is 0 Å². The fraction of sp³-hybridized carbons (Fsp3) is 0.857. The zero-order valence-corrected chi connectivity index (χ0v) is 19.7. The van der Waals surface area contributed by atoms with Gasteiger partial charge in [0.05, 0.1) is 0 Å². The summed E-state index contributed by atoms with van der Waals surface area (Å²) in [5.74, 6) is 4.58. The molecule has 0 saturated heterocycles. The lowest BCUT2D eigenvalue weighted by atomic mass is 9.47. The molecule has 0 spiro atoms. The minimum Gasteiger partial charge on any atom is -0.0877 e. The predicted molar refractivity (Wildman–Crippen MR) is 122 cm³/mol. The monoisotopic (exact) mass is 382 g/mol. The summed E-state index contributed by atoms with van der Waals surface area (Å²) >= 11 is 0. The van der Waals surface area contributed by atoms with Gasteiger partial charge in [-0.3, -0.25) is 0 Å². The van der Waals surface area contributed by atoms with Crippen molar-refractivity contribution in [1.82, 2.24) is 0 Å². The van der Waals surface area contributed by atoms with Crippen molar-refractivity contribution in [3.63, 3.8) is 0 Å². The summed E-state index contributed by atoms with van der Waals surface area (Å²) in [4.78, 5) is 0. The van der Waals surface area contributed by atoms with Crippen molar-refractivity contribution in [2.75, 3.05) is 0 Å². The van der Waals surface area contributed by atoms with Crippen LogP contribution in [0.1, 0.15) is 106 Å². The van der Waals surface area contributed by atoms with Gasteiger partial charge in [-0.05, 0) is 104 Å².